The number of carbonyl (C=O) groups is 2. The second kappa shape index (κ2) is 6.38. The highest BCUT2D eigenvalue weighted by molar-refractivity contribution is 5.88. The van der Waals surface area contributed by atoms with Crippen molar-refractivity contribution in [2.75, 3.05) is 13.1 Å². The first-order valence-electron chi connectivity index (χ1n) is 4.87. The number of nitrogens with zero attached hydrogens (tertiary/aromatic N) is 2. The number of aromatic carboxylic acids is 1. The second-order valence-corrected chi connectivity index (χ2v) is 3.16. The fourth-order valence-electron chi connectivity index (χ4n) is 1.16. The molecule has 2 amide bonds. The summed E-state index contributed by atoms with van der Waals surface area (Å²) in [6.45, 7) is 1.11. The highest BCUT2D eigenvalue weighted by Gasteiger charge is 2.10. The molecule has 0 unspecified atom stereocenters. The van der Waals surface area contributed by atoms with Gasteiger partial charge in [-0.15, -0.1) is 0 Å². The number of hydrogen-bond acceptors (Lipinski definition) is 5. The number of nitrogens with two attached hydrogens (primary N) is 1. The fourth-order valence-corrected chi connectivity index (χ4v) is 1.16. The maximum atomic E-state index is 10.8. The first-order chi connectivity index (χ1) is 8.11. The van der Waals surface area contributed by atoms with Gasteiger partial charge in [-0.25, -0.2) is 19.6 Å². The van der Waals surface area contributed by atoms with E-state index < -0.39 is 12.0 Å². The van der Waals surface area contributed by atoms with Gasteiger partial charge >= 0.3 is 12.0 Å². The highest BCUT2D eigenvalue weighted by Crippen LogP contribution is 2.02. The van der Waals surface area contributed by atoms with Gasteiger partial charge in [-0.3, -0.25) is 0 Å². The van der Waals surface area contributed by atoms with Crippen LogP contribution in [0.15, 0.2) is 12.5 Å². The van der Waals surface area contributed by atoms with Crippen molar-refractivity contribution >= 4 is 12.0 Å². The Hall–Kier alpha value is -2.22. The van der Waals surface area contributed by atoms with E-state index in [-0.39, 0.29) is 12.1 Å². The van der Waals surface area contributed by atoms with Crippen LogP contribution in [0.5, 0.6) is 0 Å². The number of rotatable bonds is 6. The lowest BCUT2D eigenvalue weighted by Crippen LogP contribution is -2.35. The van der Waals surface area contributed by atoms with Gasteiger partial charge in [0.15, 0.2) is 0 Å². The van der Waals surface area contributed by atoms with Crippen molar-refractivity contribution in [3.8, 4) is 0 Å². The molecule has 92 valence electrons. The summed E-state index contributed by atoms with van der Waals surface area (Å²) in [5.74, 6) is -1.07. The van der Waals surface area contributed by atoms with Crippen LogP contribution >= 0.6 is 0 Å². The lowest BCUT2D eigenvalue weighted by atomic mass is 10.2. The van der Waals surface area contributed by atoms with Gasteiger partial charge < -0.3 is 21.5 Å². The van der Waals surface area contributed by atoms with Crippen LogP contribution in [-0.2, 0) is 6.54 Å². The van der Waals surface area contributed by atoms with Crippen LogP contribution in [0.25, 0.3) is 0 Å². The zero-order chi connectivity index (χ0) is 12.7. The Bertz CT molecular complexity index is 409. The van der Waals surface area contributed by atoms with Crippen molar-refractivity contribution in [3.05, 3.63) is 23.8 Å². The van der Waals surface area contributed by atoms with Crippen LogP contribution in [0.1, 0.15) is 16.1 Å². The predicted molar refractivity (Wildman–Crippen MR) is 58.3 cm³/mol. The number of hydrogen-bond donors (Lipinski definition) is 4. The second-order valence-electron chi connectivity index (χ2n) is 3.16. The normalized spacial score (nSPS) is 9.88. The Balaban J connectivity index is 2.41. The van der Waals surface area contributed by atoms with E-state index in [2.05, 4.69) is 20.6 Å². The Kier molecular flexibility index (Phi) is 4.82. The van der Waals surface area contributed by atoms with Crippen molar-refractivity contribution in [1.29, 1.82) is 0 Å². The van der Waals surface area contributed by atoms with Gasteiger partial charge in [0.1, 0.15) is 11.9 Å². The molecular formula is C9H13N5O3. The van der Waals surface area contributed by atoms with Gasteiger partial charge in [0.2, 0.25) is 0 Å². The lowest BCUT2D eigenvalue weighted by Gasteiger charge is -2.06. The van der Waals surface area contributed by atoms with Crippen LogP contribution in [0.4, 0.5) is 4.79 Å². The van der Waals surface area contributed by atoms with Crippen LogP contribution in [-0.4, -0.2) is 40.2 Å². The third kappa shape index (κ3) is 4.43. The van der Waals surface area contributed by atoms with E-state index in [1.54, 1.807) is 0 Å². The number of carboxylic acids is 1. The number of aromatic nitrogens is 2. The Labute approximate surface area is 97.3 Å². The fraction of sp³-hybridized carbons (Fsp3) is 0.333. The molecule has 0 radical (unpaired) electrons. The first kappa shape index (κ1) is 12.8. The molecule has 1 rings (SSSR count). The molecular weight excluding hydrogens is 226 g/mol. The number of carboxylic acid groups (broad SMARTS) is 1. The van der Waals surface area contributed by atoms with E-state index in [1.165, 1.54) is 12.5 Å². The molecule has 1 heterocycles. The smallest absolute Gasteiger partial charge is 0.339 e. The van der Waals surface area contributed by atoms with Crippen LogP contribution < -0.4 is 16.4 Å². The average molecular weight is 239 g/mol. The van der Waals surface area contributed by atoms with E-state index in [0.717, 1.165) is 0 Å². The van der Waals surface area contributed by atoms with Crippen LogP contribution in [0.3, 0.4) is 0 Å². The maximum absolute atomic E-state index is 10.8. The quantitative estimate of drug-likeness (QED) is 0.468. The minimum Gasteiger partial charge on any atom is -0.478 e. The van der Waals surface area contributed by atoms with Crippen molar-refractivity contribution in [1.82, 2.24) is 20.6 Å². The molecule has 0 aliphatic heterocycles. The topological polar surface area (TPSA) is 130 Å². The van der Waals surface area contributed by atoms with Gasteiger partial charge in [-0.1, -0.05) is 0 Å². The van der Waals surface area contributed by atoms with Gasteiger partial charge in [0.05, 0.1) is 5.69 Å². The summed E-state index contributed by atoms with van der Waals surface area (Å²) in [5, 5.41) is 14.2. The standard InChI is InChI=1S/C9H13N5O3/c10-9(17)13-2-1-11-4-7-6(8(15)16)3-12-5-14-7/h3,5,11H,1-2,4H2,(H,15,16)(H3,10,13,17). The van der Waals surface area contributed by atoms with E-state index >= 15 is 0 Å². The number of amides is 2. The van der Waals surface area contributed by atoms with Crippen molar-refractivity contribution < 1.29 is 14.7 Å². The summed E-state index contributed by atoms with van der Waals surface area (Å²) in [6, 6.07) is -0.597. The summed E-state index contributed by atoms with van der Waals surface area (Å²) < 4.78 is 0. The van der Waals surface area contributed by atoms with E-state index in [4.69, 9.17) is 10.8 Å². The number of primary amides is 1. The molecule has 0 bridgehead atoms. The molecule has 0 saturated carbocycles. The van der Waals surface area contributed by atoms with Crippen molar-refractivity contribution in [3.63, 3.8) is 0 Å². The number of nitrogens with one attached hydrogen (secondary N) is 2. The largest absolute Gasteiger partial charge is 0.478 e. The van der Waals surface area contributed by atoms with Crippen molar-refractivity contribution in [2.45, 2.75) is 6.54 Å². The van der Waals surface area contributed by atoms with E-state index in [1.807, 2.05) is 0 Å². The zero-order valence-electron chi connectivity index (χ0n) is 9.01. The third-order valence-electron chi connectivity index (χ3n) is 1.92. The summed E-state index contributed by atoms with van der Waals surface area (Å²) in [7, 11) is 0. The van der Waals surface area contributed by atoms with Crippen LogP contribution in [0, 0.1) is 0 Å². The van der Waals surface area contributed by atoms with Crippen molar-refractivity contribution in [2.24, 2.45) is 5.73 Å². The molecule has 1 aromatic rings. The Morgan fingerprint density at radius 1 is 1.41 bits per heavy atom. The summed E-state index contributed by atoms with van der Waals surface area (Å²) >= 11 is 0. The molecule has 0 spiro atoms. The number of carbonyl (C=O) groups excluding carboxylic acids is 1. The van der Waals surface area contributed by atoms with Crippen LogP contribution in [0.2, 0.25) is 0 Å². The third-order valence-corrected chi connectivity index (χ3v) is 1.92. The molecule has 8 nitrogen and oxygen atoms in total. The Morgan fingerprint density at radius 3 is 2.82 bits per heavy atom. The molecule has 0 aromatic carbocycles. The average Bonchev–Trinajstić information content (AvgIpc) is 2.28. The summed E-state index contributed by atoms with van der Waals surface area (Å²) in [4.78, 5) is 28.7. The minimum absolute atomic E-state index is 0.0582. The molecule has 0 aliphatic rings. The molecule has 0 atom stereocenters. The maximum Gasteiger partial charge on any atom is 0.339 e. The van der Waals surface area contributed by atoms with Gasteiger partial charge in [-0.2, -0.15) is 0 Å². The van der Waals surface area contributed by atoms with Gasteiger partial charge in [0.25, 0.3) is 0 Å². The predicted octanol–water partition coefficient (Wildman–Crippen LogP) is -1.07. The summed E-state index contributed by atoms with van der Waals surface area (Å²) in [6.07, 6.45) is 2.53. The molecule has 17 heavy (non-hydrogen) atoms. The molecule has 8 heteroatoms. The molecule has 1 aromatic heterocycles. The first-order valence-corrected chi connectivity index (χ1v) is 4.87. The molecule has 5 N–H and O–H groups in total. The summed E-state index contributed by atoms with van der Waals surface area (Å²) in [5.41, 5.74) is 5.33. The van der Waals surface area contributed by atoms with Gasteiger partial charge in [-0.05, 0) is 0 Å². The molecule has 0 fully saturated rings. The monoisotopic (exact) mass is 239 g/mol. The molecule has 0 aliphatic carbocycles. The lowest BCUT2D eigenvalue weighted by molar-refractivity contribution is 0.0694. The Morgan fingerprint density at radius 2 is 2.18 bits per heavy atom. The minimum atomic E-state index is -1.07. The number of urea groups is 1. The molecule has 0 saturated heterocycles. The van der Waals surface area contributed by atoms with Gasteiger partial charge in [0, 0.05) is 25.8 Å². The zero-order valence-corrected chi connectivity index (χ0v) is 9.01. The SMILES string of the molecule is NC(=O)NCCNCc1ncncc1C(=O)O. The highest BCUT2D eigenvalue weighted by atomic mass is 16.4. The van der Waals surface area contributed by atoms with E-state index in [9.17, 15) is 9.59 Å². The van der Waals surface area contributed by atoms with E-state index in [0.29, 0.717) is 18.8 Å².